The van der Waals surface area contributed by atoms with Crippen LogP contribution in [0.15, 0.2) is 66.5 Å². The highest BCUT2D eigenvalue weighted by Gasteiger charge is 2.24. The van der Waals surface area contributed by atoms with Crippen molar-refractivity contribution in [2.45, 2.75) is 13.3 Å². The first-order valence-corrected chi connectivity index (χ1v) is 10.4. The van der Waals surface area contributed by atoms with Gasteiger partial charge in [-0.3, -0.25) is 5.32 Å². The first-order valence-electron chi connectivity index (χ1n) is 10.0. The molecule has 1 aromatic carbocycles. The van der Waals surface area contributed by atoms with E-state index in [0.717, 1.165) is 12.0 Å². The lowest BCUT2D eigenvalue weighted by Crippen LogP contribution is -2.42. The molecule has 2 amide bonds. The zero-order valence-corrected chi connectivity index (χ0v) is 17.8. The van der Waals surface area contributed by atoms with Gasteiger partial charge in [0, 0.05) is 31.5 Å². The number of ether oxygens (including phenoxy) is 1. The molecule has 0 radical (unpaired) electrons. The van der Waals surface area contributed by atoms with Crippen molar-refractivity contribution in [2.75, 3.05) is 18.4 Å². The van der Waals surface area contributed by atoms with Crippen molar-refractivity contribution >= 4 is 29.5 Å². The Morgan fingerprint density at radius 1 is 1.26 bits per heavy atom. The van der Waals surface area contributed by atoms with E-state index in [1.165, 1.54) is 5.57 Å². The minimum atomic E-state index is -0.155. The number of carbonyl (C=O) groups excluding carboxylic acids is 1. The van der Waals surface area contributed by atoms with Gasteiger partial charge in [-0.05, 0) is 48.2 Å². The lowest BCUT2D eigenvalue weighted by atomic mass is 9.91. The number of piperidine rings is 1. The van der Waals surface area contributed by atoms with Crippen LogP contribution in [0, 0.1) is 5.92 Å². The van der Waals surface area contributed by atoms with Crippen molar-refractivity contribution in [3.63, 3.8) is 0 Å². The molecule has 0 saturated carbocycles. The van der Waals surface area contributed by atoms with E-state index in [-0.39, 0.29) is 11.9 Å². The molecule has 1 atom stereocenters. The second-order valence-corrected chi connectivity index (χ2v) is 7.78. The number of hydrogen-bond acceptors (Lipinski definition) is 5. The van der Waals surface area contributed by atoms with Crippen molar-refractivity contribution in [3.05, 3.63) is 77.1 Å². The maximum atomic E-state index is 12.5. The number of rotatable bonds is 4. The summed E-state index contributed by atoms with van der Waals surface area (Å²) in [5.74, 6) is 1.89. The number of carbonyl (C=O) groups is 1. The van der Waals surface area contributed by atoms with Crippen LogP contribution in [0.2, 0.25) is 5.02 Å². The Morgan fingerprint density at radius 2 is 2.16 bits per heavy atom. The summed E-state index contributed by atoms with van der Waals surface area (Å²) >= 11 is 5.87. The highest BCUT2D eigenvalue weighted by Crippen LogP contribution is 2.27. The van der Waals surface area contributed by atoms with E-state index in [1.54, 1.807) is 36.7 Å². The van der Waals surface area contributed by atoms with Crippen LogP contribution >= 0.6 is 11.6 Å². The van der Waals surface area contributed by atoms with Gasteiger partial charge in [0.2, 0.25) is 5.88 Å². The van der Waals surface area contributed by atoms with Crippen LogP contribution in [0.5, 0.6) is 11.6 Å². The number of nitrogens with zero attached hydrogens (tertiary/aromatic N) is 4. The summed E-state index contributed by atoms with van der Waals surface area (Å²) in [6.07, 6.45) is 6.10. The van der Waals surface area contributed by atoms with Crippen LogP contribution in [0.25, 0.3) is 6.08 Å². The lowest BCUT2D eigenvalue weighted by Gasteiger charge is -2.33. The summed E-state index contributed by atoms with van der Waals surface area (Å²) in [6, 6.07) is 14.6. The molecule has 1 aliphatic rings. The van der Waals surface area contributed by atoms with Gasteiger partial charge in [0.05, 0.1) is 5.02 Å². The molecule has 2 aromatic heterocycles. The van der Waals surface area contributed by atoms with Crippen LogP contribution in [-0.4, -0.2) is 39.2 Å². The first kappa shape index (κ1) is 20.8. The molecule has 3 heterocycles. The predicted octanol–water partition coefficient (Wildman–Crippen LogP) is 5.27. The summed E-state index contributed by atoms with van der Waals surface area (Å²) in [5, 5.41) is 11.0. The topological polar surface area (TPSA) is 80.2 Å². The molecule has 1 unspecified atom stereocenters. The summed E-state index contributed by atoms with van der Waals surface area (Å²) in [5.41, 5.74) is 2.34. The van der Waals surface area contributed by atoms with Crippen molar-refractivity contribution in [1.82, 2.24) is 20.1 Å². The molecule has 7 nitrogen and oxygen atoms in total. The minimum absolute atomic E-state index is 0.155. The highest BCUT2D eigenvalue weighted by atomic mass is 35.5. The quantitative estimate of drug-likeness (QED) is 0.603. The van der Waals surface area contributed by atoms with E-state index < -0.39 is 0 Å². The van der Waals surface area contributed by atoms with Crippen molar-refractivity contribution in [1.29, 1.82) is 0 Å². The molecule has 1 fully saturated rings. The fourth-order valence-electron chi connectivity index (χ4n) is 3.43. The average molecular weight is 436 g/mol. The average Bonchev–Trinajstić information content (AvgIpc) is 2.78. The van der Waals surface area contributed by atoms with Gasteiger partial charge < -0.3 is 9.64 Å². The predicted molar refractivity (Wildman–Crippen MR) is 120 cm³/mol. The van der Waals surface area contributed by atoms with E-state index in [0.29, 0.717) is 35.6 Å². The largest absolute Gasteiger partial charge is 0.439 e. The number of pyridine rings is 1. The zero-order chi connectivity index (χ0) is 21.6. The molecule has 4 rings (SSSR count). The molecule has 0 bridgehead atoms. The van der Waals surface area contributed by atoms with Gasteiger partial charge in [-0.2, -0.15) is 5.10 Å². The monoisotopic (exact) mass is 435 g/mol. The van der Waals surface area contributed by atoms with Crippen molar-refractivity contribution in [3.8, 4) is 11.6 Å². The van der Waals surface area contributed by atoms with Crippen LogP contribution in [-0.2, 0) is 0 Å². The Labute approximate surface area is 185 Å². The summed E-state index contributed by atoms with van der Waals surface area (Å²) in [6.45, 7) is 3.42. The Kier molecular flexibility index (Phi) is 6.43. The molecular weight excluding hydrogens is 414 g/mol. The fourth-order valence-corrected chi connectivity index (χ4v) is 3.54. The summed E-state index contributed by atoms with van der Waals surface area (Å²) in [4.78, 5) is 18.5. The van der Waals surface area contributed by atoms with E-state index in [2.05, 4.69) is 33.5 Å². The molecule has 31 heavy (non-hydrogen) atoms. The first-order chi connectivity index (χ1) is 15.1. The number of likely N-dealkylation sites (tertiary alicyclic amines) is 1. The second kappa shape index (κ2) is 9.57. The minimum Gasteiger partial charge on any atom is -0.439 e. The number of urea groups is 1. The Morgan fingerprint density at radius 3 is 2.90 bits per heavy atom. The molecule has 1 saturated heterocycles. The van der Waals surface area contributed by atoms with Crippen molar-refractivity contribution in [2.24, 2.45) is 5.92 Å². The number of amides is 2. The normalized spacial score (nSPS) is 17.4. The van der Waals surface area contributed by atoms with Gasteiger partial charge >= 0.3 is 6.03 Å². The van der Waals surface area contributed by atoms with Gasteiger partial charge in [-0.1, -0.05) is 42.3 Å². The molecular formula is C23H22ClN5O2. The highest BCUT2D eigenvalue weighted by molar-refractivity contribution is 6.30. The zero-order valence-electron chi connectivity index (χ0n) is 17.0. The van der Waals surface area contributed by atoms with Crippen LogP contribution in [0.3, 0.4) is 0 Å². The summed E-state index contributed by atoms with van der Waals surface area (Å²) < 4.78 is 5.82. The van der Waals surface area contributed by atoms with E-state index in [1.807, 2.05) is 29.2 Å². The van der Waals surface area contributed by atoms with Crippen LogP contribution < -0.4 is 10.1 Å². The second-order valence-electron chi connectivity index (χ2n) is 7.34. The number of hydrogen-bond donors (Lipinski definition) is 1. The third-order valence-electron chi connectivity index (χ3n) is 5.02. The maximum absolute atomic E-state index is 12.5. The lowest BCUT2D eigenvalue weighted by molar-refractivity contribution is 0.197. The van der Waals surface area contributed by atoms with E-state index >= 15 is 0 Å². The Bertz CT molecular complexity index is 1070. The third kappa shape index (κ3) is 5.58. The van der Waals surface area contributed by atoms with Gasteiger partial charge in [0.15, 0.2) is 5.82 Å². The third-order valence-corrected chi connectivity index (χ3v) is 5.25. The van der Waals surface area contributed by atoms with Gasteiger partial charge in [0.25, 0.3) is 0 Å². The molecule has 8 heteroatoms. The van der Waals surface area contributed by atoms with Crippen molar-refractivity contribution < 1.29 is 9.53 Å². The van der Waals surface area contributed by atoms with Crippen LogP contribution in [0.1, 0.15) is 18.9 Å². The van der Waals surface area contributed by atoms with Gasteiger partial charge in [0.1, 0.15) is 5.75 Å². The molecule has 0 aliphatic carbocycles. The molecule has 0 spiro atoms. The van der Waals surface area contributed by atoms with E-state index in [9.17, 15) is 4.79 Å². The molecule has 3 aromatic rings. The molecule has 1 aliphatic heterocycles. The number of anilines is 1. The summed E-state index contributed by atoms with van der Waals surface area (Å²) in [7, 11) is 0. The molecule has 158 valence electrons. The smallest absolute Gasteiger partial charge is 0.323 e. The van der Waals surface area contributed by atoms with Crippen LogP contribution in [0.4, 0.5) is 10.6 Å². The molecule has 1 N–H and O–H groups in total. The number of benzene rings is 1. The number of halogens is 1. The standard InChI is InChI=1S/C23H22ClN5O2/c1-16-15-29(23(30)27-21-6-3-10-26-28-21)11-9-18(16)12-17-4-2-5-20(13-17)31-22-8-7-19(24)14-25-22/h2-8,10,12-14,16H,9,11,15H2,1H3,(H,27,28,30). The number of nitrogens with one attached hydrogen (secondary N) is 1. The number of aromatic nitrogens is 3. The SMILES string of the molecule is CC1CN(C(=O)Nc2cccnn2)CCC1=Cc1cccc(Oc2ccc(Cl)cn2)c1. The van der Waals surface area contributed by atoms with Gasteiger partial charge in [-0.15, -0.1) is 5.10 Å². The maximum Gasteiger partial charge on any atom is 0.323 e. The van der Waals surface area contributed by atoms with E-state index in [4.69, 9.17) is 16.3 Å². The Hall–Kier alpha value is -3.45. The Balaban J connectivity index is 1.39. The van der Waals surface area contributed by atoms with Gasteiger partial charge in [-0.25, -0.2) is 9.78 Å². The fraction of sp³-hybridized carbons (Fsp3) is 0.217.